The normalized spacial score (nSPS) is 19.9. The molecule has 0 amide bonds. The molecule has 0 radical (unpaired) electrons. The van der Waals surface area contributed by atoms with Gasteiger partial charge in [0.1, 0.15) is 0 Å². The zero-order valence-corrected chi connectivity index (χ0v) is 13.6. The van der Waals surface area contributed by atoms with E-state index in [4.69, 9.17) is 0 Å². The summed E-state index contributed by atoms with van der Waals surface area (Å²) in [6.45, 7) is 0.926. The lowest BCUT2D eigenvalue weighted by Gasteiger charge is -2.24. The summed E-state index contributed by atoms with van der Waals surface area (Å²) in [5, 5.41) is 2.94. The van der Waals surface area contributed by atoms with E-state index in [1.807, 2.05) is 0 Å². The fraction of sp³-hybridized carbons (Fsp3) is 0.538. The molecule has 1 heterocycles. The molecule has 1 unspecified atom stereocenters. The third-order valence-electron chi connectivity index (χ3n) is 3.55. The Hall–Kier alpha value is -0.830. The van der Waals surface area contributed by atoms with Crippen LogP contribution in [0.15, 0.2) is 29.2 Å². The largest absolute Gasteiger partial charge is 0.416 e. The van der Waals surface area contributed by atoms with Crippen molar-refractivity contribution in [2.45, 2.75) is 30.0 Å². The Morgan fingerprint density at radius 2 is 1.86 bits per heavy atom. The standard InChI is InChI=1S/C13H17F3N2O2S.ClH/c1-17-9-11-3-2-8-18(11)21(19,20)12-6-4-10(5-7-12)13(14,15)16;/h4-7,11,17H,2-3,8-9H2,1H3;1H. The first-order valence-electron chi connectivity index (χ1n) is 6.60. The second-order valence-electron chi connectivity index (χ2n) is 4.99. The number of nitrogens with one attached hydrogen (secondary N) is 1. The van der Waals surface area contributed by atoms with E-state index >= 15 is 0 Å². The number of likely N-dealkylation sites (N-methyl/N-ethyl adjacent to an activating group) is 1. The first kappa shape index (κ1) is 19.2. The topological polar surface area (TPSA) is 49.4 Å². The van der Waals surface area contributed by atoms with Crippen molar-refractivity contribution in [3.8, 4) is 0 Å². The van der Waals surface area contributed by atoms with Crippen LogP contribution in [0, 0.1) is 0 Å². The van der Waals surface area contributed by atoms with E-state index in [-0.39, 0.29) is 23.3 Å². The Kier molecular flexibility index (Phi) is 6.26. The van der Waals surface area contributed by atoms with Gasteiger partial charge in [0.05, 0.1) is 10.5 Å². The summed E-state index contributed by atoms with van der Waals surface area (Å²) in [4.78, 5) is -0.0986. The molecule has 1 aliphatic rings. The molecule has 1 fully saturated rings. The average molecular weight is 359 g/mol. The van der Waals surface area contributed by atoms with Crippen molar-refractivity contribution in [3.05, 3.63) is 29.8 Å². The van der Waals surface area contributed by atoms with Crippen LogP contribution in [0.5, 0.6) is 0 Å². The molecule has 2 rings (SSSR count). The van der Waals surface area contributed by atoms with E-state index < -0.39 is 21.8 Å². The lowest BCUT2D eigenvalue weighted by Crippen LogP contribution is -2.40. The highest BCUT2D eigenvalue weighted by atomic mass is 35.5. The zero-order chi connectivity index (χ0) is 15.7. The molecule has 1 aromatic carbocycles. The van der Waals surface area contributed by atoms with Gasteiger partial charge in [0.2, 0.25) is 10.0 Å². The highest BCUT2D eigenvalue weighted by Gasteiger charge is 2.36. The molecule has 1 saturated heterocycles. The quantitative estimate of drug-likeness (QED) is 0.899. The monoisotopic (exact) mass is 358 g/mol. The highest BCUT2D eigenvalue weighted by molar-refractivity contribution is 7.89. The molecule has 22 heavy (non-hydrogen) atoms. The van der Waals surface area contributed by atoms with E-state index in [1.54, 1.807) is 7.05 Å². The van der Waals surface area contributed by atoms with E-state index in [1.165, 1.54) is 4.31 Å². The van der Waals surface area contributed by atoms with E-state index in [2.05, 4.69) is 5.32 Å². The summed E-state index contributed by atoms with van der Waals surface area (Å²) in [5.41, 5.74) is -0.852. The molecule has 1 aromatic rings. The van der Waals surface area contributed by atoms with Gasteiger partial charge in [-0.2, -0.15) is 17.5 Å². The first-order valence-corrected chi connectivity index (χ1v) is 8.04. The third-order valence-corrected chi connectivity index (χ3v) is 5.52. The van der Waals surface area contributed by atoms with Gasteiger partial charge in [-0.05, 0) is 44.2 Å². The Morgan fingerprint density at radius 1 is 1.27 bits per heavy atom. The number of alkyl halides is 3. The number of nitrogens with zero attached hydrogens (tertiary/aromatic N) is 1. The molecule has 0 saturated carbocycles. The van der Waals surface area contributed by atoms with Crippen LogP contribution in [-0.4, -0.2) is 38.9 Å². The van der Waals surface area contributed by atoms with Crippen molar-refractivity contribution in [1.82, 2.24) is 9.62 Å². The lowest BCUT2D eigenvalue weighted by atomic mass is 10.2. The molecular weight excluding hydrogens is 341 g/mol. The molecule has 0 aliphatic carbocycles. The average Bonchev–Trinajstić information content (AvgIpc) is 2.87. The predicted octanol–water partition coefficient (Wildman–Crippen LogP) is 2.50. The Labute approximate surface area is 134 Å². The summed E-state index contributed by atoms with van der Waals surface area (Å²) in [5.74, 6) is 0. The van der Waals surface area contributed by atoms with Crippen LogP contribution >= 0.6 is 12.4 Å². The number of hydrogen-bond acceptors (Lipinski definition) is 3. The summed E-state index contributed by atoms with van der Waals surface area (Å²) in [6.07, 6.45) is -2.96. The summed E-state index contributed by atoms with van der Waals surface area (Å²) < 4.78 is 63.9. The minimum atomic E-state index is -4.47. The van der Waals surface area contributed by atoms with Crippen LogP contribution in [0.4, 0.5) is 13.2 Å². The first-order chi connectivity index (χ1) is 9.76. The fourth-order valence-corrected chi connectivity index (χ4v) is 4.21. The molecule has 1 N–H and O–H groups in total. The van der Waals surface area contributed by atoms with Gasteiger partial charge in [-0.25, -0.2) is 8.42 Å². The second-order valence-corrected chi connectivity index (χ2v) is 6.88. The van der Waals surface area contributed by atoms with Crippen LogP contribution in [0.1, 0.15) is 18.4 Å². The Bertz CT molecular complexity index is 590. The van der Waals surface area contributed by atoms with Crippen molar-refractivity contribution in [2.75, 3.05) is 20.1 Å². The minimum Gasteiger partial charge on any atom is -0.318 e. The smallest absolute Gasteiger partial charge is 0.318 e. The number of rotatable bonds is 4. The maximum Gasteiger partial charge on any atom is 0.416 e. The second kappa shape index (κ2) is 7.16. The number of hydrogen-bond donors (Lipinski definition) is 1. The number of sulfonamides is 1. The molecule has 0 spiro atoms. The summed E-state index contributed by atoms with van der Waals surface area (Å²) in [6, 6.07) is 3.49. The molecule has 126 valence electrons. The van der Waals surface area contributed by atoms with Crippen LogP contribution in [0.2, 0.25) is 0 Å². The minimum absolute atomic E-state index is 0. The molecule has 0 aromatic heterocycles. The molecular formula is C13H18ClF3N2O2S. The van der Waals surface area contributed by atoms with Crippen LogP contribution < -0.4 is 5.32 Å². The Balaban J connectivity index is 0.00000242. The maximum absolute atomic E-state index is 12.5. The number of benzene rings is 1. The van der Waals surface area contributed by atoms with Crippen molar-refractivity contribution < 1.29 is 21.6 Å². The van der Waals surface area contributed by atoms with Crippen molar-refractivity contribution >= 4 is 22.4 Å². The van der Waals surface area contributed by atoms with Gasteiger partial charge in [-0.3, -0.25) is 0 Å². The highest BCUT2D eigenvalue weighted by Crippen LogP contribution is 2.31. The fourth-order valence-electron chi connectivity index (χ4n) is 2.52. The molecule has 9 heteroatoms. The lowest BCUT2D eigenvalue weighted by molar-refractivity contribution is -0.137. The van der Waals surface area contributed by atoms with Crippen LogP contribution in [0.3, 0.4) is 0 Å². The molecule has 1 atom stereocenters. The van der Waals surface area contributed by atoms with Gasteiger partial charge in [0.25, 0.3) is 0 Å². The van der Waals surface area contributed by atoms with E-state index in [0.717, 1.165) is 37.1 Å². The molecule has 0 bridgehead atoms. The Morgan fingerprint density at radius 3 is 2.36 bits per heavy atom. The predicted molar refractivity (Wildman–Crippen MR) is 79.5 cm³/mol. The zero-order valence-electron chi connectivity index (χ0n) is 11.9. The van der Waals surface area contributed by atoms with Gasteiger partial charge in [0.15, 0.2) is 0 Å². The van der Waals surface area contributed by atoms with Crippen LogP contribution in [-0.2, 0) is 16.2 Å². The molecule has 4 nitrogen and oxygen atoms in total. The summed E-state index contributed by atoms with van der Waals surface area (Å²) in [7, 11) is -2.01. The maximum atomic E-state index is 12.5. The number of halogens is 4. The van der Waals surface area contributed by atoms with Crippen LogP contribution in [0.25, 0.3) is 0 Å². The van der Waals surface area contributed by atoms with E-state index in [0.29, 0.717) is 13.1 Å². The van der Waals surface area contributed by atoms with Crippen molar-refractivity contribution in [3.63, 3.8) is 0 Å². The van der Waals surface area contributed by atoms with Gasteiger partial charge in [-0.1, -0.05) is 0 Å². The van der Waals surface area contributed by atoms with Gasteiger partial charge < -0.3 is 5.32 Å². The van der Waals surface area contributed by atoms with Gasteiger partial charge in [0, 0.05) is 19.1 Å². The third kappa shape index (κ3) is 3.92. The van der Waals surface area contributed by atoms with Crippen molar-refractivity contribution in [1.29, 1.82) is 0 Å². The van der Waals surface area contributed by atoms with E-state index in [9.17, 15) is 21.6 Å². The van der Waals surface area contributed by atoms with Crippen molar-refractivity contribution in [2.24, 2.45) is 0 Å². The molecule has 1 aliphatic heterocycles. The van der Waals surface area contributed by atoms with Gasteiger partial charge in [-0.15, -0.1) is 12.4 Å². The summed E-state index contributed by atoms with van der Waals surface area (Å²) >= 11 is 0. The van der Waals surface area contributed by atoms with Gasteiger partial charge >= 0.3 is 6.18 Å². The SMILES string of the molecule is CNCC1CCCN1S(=O)(=O)c1ccc(C(F)(F)F)cc1.Cl.